The van der Waals surface area contributed by atoms with E-state index in [1.54, 1.807) is 6.07 Å². The van der Waals surface area contributed by atoms with Crippen LogP contribution in [0.5, 0.6) is 5.75 Å². The second kappa shape index (κ2) is 5.23. The minimum atomic E-state index is -0.489. The molecule has 4 heteroatoms. The van der Waals surface area contributed by atoms with Crippen molar-refractivity contribution in [3.63, 3.8) is 0 Å². The number of hydrogen-bond donors (Lipinski definition) is 0. The molecule has 0 saturated carbocycles. The fourth-order valence-corrected chi connectivity index (χ4v) is 0.976. The molecule has 0 atom stereocenters. The Morgan fingerprint density at radius 3 is 2.86 bits per heavy atom. The predicted octanol–water partition coefficient (Wildman–Crippen LogP) is 4.00. The van der Waals surface area contributed by atoms with E-state index < -0.39 is 5.82 Å². The van der Waals surface area contributed by atoms with Gasteiger partial charge in [0.25, 0.3) is 0 Å². The van der Waals surface area contributed by atoms with Gasteiger partial charge in [0, 0.05) is 11.6 Å². The van der Waals surface area contributed by atoms with Gasteiger partial charge in [-0.2, -0.15) is 0 Å². The van der Waals surface area contributed by atoms with Gasteiger partial charge in [-0.15, -0.1) is 0 Å². The number of halogens is 3. The number of hydrogen-bond acceptors (Lipinski definition) is 1. The van der Waals surface area contributed by atoms with Gasteiger partial charge in [-0.25, -0.2) is 4.39 Å². The van der Waals surface area contributed by atoms with Gasteiger partial charge in [-0.1, -0.05) is 23.2 Å². The lowest BCUT2D eigenvalue weighted by Gasteiger charge is -2.05. The lowest BCUT2D eigenvalue weighted by atomic mass is 10.3. The maximum Gasteiger partial charge on any atom is 0.145 e. The molecule has 0 aliphatic carbocycles. The SMILES string of the molecule is C/C(=C/Cl)COc1ccc(Cl)c(F)c1. The molecule has 0 aliphatic heterocycles. The normalized spacial score (nSPS) is 11.6. The summed E-state index contributed by atoms with van der Waals surface area (Å²) in [5.74, 6) is -0.0542. The zero-order valence-electron chi connectivity index (χ0n) is 7.56. The maximum absolute atomic E-state index is 12.9. The molecule has 0 unspecified atom stereocenters. The largest absolute Gasteiger partial charge is 0.489 e. The van der Waals surface area contributed by atoms with Crippen LogP contribution in [0.15, 0.2) is 29.3 Å². The third-order valence-electron chi connectivity index (χ3n) is 1.54. The van der Waals surface area contributed by atoms with Gasteiger partial charge in [-0.05, 0) is 24.6 Å². The minimum absolute atomic E-state index is 0.0851. The topological polar surface area (TPSA) is 9.23 Å². The maximum atomic E-state index is 12.9. The Kier molecular flexibility index (Phi) is 4.23. The van der Waals surface area contributed by atoms with Gasteiger partial charge in [0.1, 0.15) is 18.2 Å². The van der Waals surface area contributed by atoms with Crippen LogP contribution in [0.1, 0.15) is 6.92 Å². The van der Waals surface area contributed by atoms with E-state index in [0.29, 0.717) is 12.4 Å². The molecule has 0 N–H and O–H groups in total. The Morgan fingerprint density at radius 2 is 2.29 bits per heavy atom. The number of benzene rings is 1. The lowest BCUT2D eigenvalue weighted by Crippen LogP contribution is -1.98. The van der Waals surface area contributed by atoms with E-state index in [1.165, 1.54) is 17.7 Å². The first-order valence-electron chi connectivity index (χ1n) is 3.97. The molecule has 0 aromatic heterocycles. The smallest absolute Gasteiger partial charge is 0.145 e. The van der Waals surface area contributed by atoms with Crippen molar-refractivity contribution in [2.24, 2.45) is 0 Å². The Hall–Kier alpha value is -0.730. The Bertz CT molecular complexity index is 350. The van der Waals surface area contributed by atoms with Gasteiger partial charge >= 0.3 is 0 Å². The molecule has 0 radical (unpaired) electrons. The van der Waals surface area contributed by atoms with Crippen LogP contribution in [-0.2, 0) is 0 Å². The van der Waals surface area contributed by atoms with Crippen LogP contribution in [0.4, 0.5) is 4.39 Å². The fraction of sp³-hybridized carbons (Fsp3) is 0.200. The summed E-state index contributed by atoms with van der Waals surface area (Å²) in [6.07, 6.45) is 0. The molecule has 1 aromatic rings. The molecular weight excluding hydrogens is 226 g/mol. The van der Waals surface area contributed by atoms with Gasteiger partial charge < -0.3 is 4.74 Å². The van der Waals surface area contributed by atoms with Gasteiger partial charge in [0.15, 0.2) is 0 Å². The first-order chi connectivity index (χ1) is 6.63. The molecule has 0 bridgehead atoms. The van der Waals surface area contributed by atoms with Crippen LogP contribution in [0, 0.1) is 5.82 Å². The highest BCUT2D eigenvalue weighted by Crippen LogP contribution is 2.20. The summed E-state index contributed by atoms with van der Waals surface area (Å²) in [6, 6.07) is 4.29. The second-order valence-electron chi connectivity index (χ2n) is 2.82. The van der Waals surface area contributed by atoms with Gasteiger partial charge in [0.05, 0.1) is 5.02 Å². The molecule has 76 valence electrons. The Balaban J connectivity index is 2.64. The van der Waals surface area contributed by atoms with Crippen LogP contribution in [0.25, 0.3) is 0 Å². The molecule has 1 nitrogen and oxygen atoms in total. The minimum Gasteiger partial charge on any atom is -0.489 e. The van der Waals surface area contributed by atoms with Crippen molar-refractivity contribution in [3.05, 3.63) is 40.1 Å². The van der Waals surface area contributed by atoms with Crippen LogP contribution in [0.2, 0.25) is 5.02 Å². The summed E-state index contributed by atoms with van der Waals surface area (Å²) in [5, 5.41) is 0.0851. The molecule has 0 aliphatic rings. The van der Waals surface area contributed by atoms with E-state index in [1.807, 2.05) is 6.92 Å². The van der Waals surface area contributed by atoms with Crippen molar-refractivity contribution < 1.29 is 9.13 Å². The monoisotopic (exact) mass is 234 g/mol. The van der Waals surface area contributed by atoms with Crippen LogP contribution < -0.4 is 4.74 Å². The summed E-state index contributed by atoms with van der Waals surface area (Å²) in [5.41, 5.74) is 2.29. The van der Waals surface area contributed by atoms with Gasteiger partial charge in [0.2, 0.25) is 0 Å². The standard InChI is InChI=1S/C10H9Cl2FO/c1-7(5-11)6-14-8-2-3-9(12)10(13)4-8/h2-5H,6H2,1H3/b7-5-. The first-order valence-corrected chi connectivity index (χ1v) is 4.78. The summed E-state index contributed by atoms with van der Waals surface area (Å²) in [4.78, 5) is 0. The summed E-state index contributed by atoms with van der Waals surface area (Å²) in [7, 11) is 0. The fourth-order valence-electron chi connectivity index (χ4n) is 0.795. The molecule has 0 saturated heterocycles. The van der Waals surface area contributed by atoms with Gasteiger partial charge in [-0.3, -0.25) is 0 Å². The third kappa shape index (κ3) is 3.20. The van der Waals surface area contributed by atoms with Crippen molar-refractivity contribution in [2.75, 3.05) is 6.61 Å². The molecule has 0 spiro atoms. The van der Waals surface area contributed by atoms with Crippen molar-refractivity contribution in [2.45, 2.75) is 6.92 Å². The highest BCUT2D eigenvalue weighted by atomic mass is 35.5. The average molecular weight is 235 g/mol. The van der Waals surface area contributed by atoms with E-state index in [0.717, 1.165) is 5.57 Å². The molecule has 0 fully saturated rings. The summed E-state index contributed by atoms with van der Waals surface area (Å²) >= 11 is 10.9. The van der Waals surface area contributed by atoms with Crippen molar-refractivity contribution in [3.8, 4) is 5.75 Å². The van der Waals surface area contributed by atoms with Crippen LogP contribution >= 0.6 is 23.2 Å². The molecule has 0 heterocycles. The number of rotatable bonds is 3. The van der Waals surface area contributed by atoms with Crippen molar-refractivity contribution >= 4 is 23.2 Å². The molecule has 0 amide bonds. The average Bonchev–Trinajstić information content (AvgIpc) is 2.19. The highest BCUT2D eigenvalue weighted by Gasteiger charge is 2.01. The van der Waals surface area contributed by atoms with E-state index in [2.05, 4.69) is 0 Å². The first kappa shape index (κ1) is 11.3. The van der Waals surface area contributed by atoms with E-state index >= 15 is 0 Å². The van der Waals surface area contributed by atoms with E-state index in [4.69, 9.17) is 27.9 Å². The summed E-state index contributed by atoms with van der Waals surface area (Å²) < 4.78 is 18.2. The van der Waals surface area contributed by atoms with E-state index in [-0.39, 0.29) is 5.02 Å². The quantitative estimate of drug-likeness (QED) is 0.769. The second-order valence-corrected chi connectivity index (χ2v) is 3.45. The molecule has 1 aromatic carbocycles. The van der Waals surface area contributed by atoms with Crippen LogP contribution in [0.3, 0.4) is 0 Å². The summed E-state index contributed by atoms with van der Waals surface area (Å²) in [6.45, 7) is 2.16. The number of ether oxygens (including phenoxy) is 1. The zero-order valence-corrected chi connectivity index (χ0v) is 9.07. The molecule has 1 rings (SSSR count). The van der Waals surface area contributed by atoms with Crippen LogP contribution in [-0.4, -0.2) is 6.61 Å². The van der Waals surface area contributed by atoms with E-state index in [9.17, 15) is 4.39 Å². The zero-order chi connectivity index (χ0) is 10.6. The molecule has 14 heavy (non-hydrogen) atoms. The third-order valence-corrected chi connectivity index (χ3v) is 2.22. The molecular formula is C10H9Cl2FO. The van der Waals surface area contributed by atoms with Crippen molar-refractivity contribution in [1.29, 1.82) is 0 Å². The van der Waals surface area contributed by atoms with Crippen molar-refractivity contribution in [1.82, 2.24) is 0 Å². The Labute approximate surface area is 92.1 Å². The Morgan fingerprint density at radius 1 is 1.57 bits per heavy atom. The predicted molar refractivity (Wildman–Crippen MR) is 56.5 cm³/mol. The highest BCUT2D eigenvalue weighted by molar-refractivity contribution is 6.30. The lowest BCUT2D eigenvalue weighted by molar-refractivity contribution is 0.350.